The fourth-order valence-corrected chi connectivity index (χ4v) is 5.17. The van der Waals surface area contributed by atoms with E-state index in [-0.39, 0.29) is 36.2 Å². The van der Waals surface area contributed by atoms with Gasteiger partial charge in [0.1, 0.15) is 0 Å². The summed E-state index contributed by atoms with van der Waals surface area (Å²) in [5.74, 6) is -0.141. The average molecular weight is 484 g/mol. The van der Waals surface area contributed by atoms with Crippen LogP contribution in [0.5, 0.6) is 0 Å². The van der Waals surface area contributed by atoms with Crippen LogP contribution in [0.1, 0.15) is 55.2 Å². The Bertz CT molecular complexity index is 968. The van der Waals surface area contributed by atoms with E-state index < -0.39 is 0 Å². The molecule has 0 saturated heterocycles. The molecule has 2 aromatic rings. The minimum absolute atomic E-state index is 0.0395. The van der Waals surface area contributed by atoms with E-state index in [4.69, 9.17) is 11.6 Å². The van der Waals surface area contributed by atoms with Crippen molar-refractivity contribution in [3.63, 3.8) is 0 Å². The van der Waals surface area contributed by atoms with Crippen molar-refractivity contribution < 1.29 is 9.59 Å². The molecule has 1 fully saturated rings. The molecule has 0 bridgehead atoms. The van der Waals surface area contributed by atoms with Gasteiger partial charge in [-0.1, -0.05) is 59.6 Å². The Balaban J connectivity index is 1.38. The number of hydrogen-bond acceptors (Lipinski definition) is 3. The molecule has 6 heteroatoms. The zero-order valence-corrected chi connectivity index (χ0v) is 21.5. The first-order chi connectivity index (χ1) is 16.3. The van der Waals surface area contributed by atoms with Crippen LogP contribution in [0.25, 0.3) is 0 Å². The Morgan fingerprint density at radius 2 is 1.74 bits per heavy atom. The summed E-state index contributed by atoms with van der Waals surface area (Å²) in [6, 6.07) is 16.6. The van der Waals surface area contributed by atoms with Crippen LogP contribution >= 0.6 is 11.6 Å². The highest BCUT2D eigenvalue weighted by molar-refractivity contribution is 6.31. The number of carbonyl (C=O) groups excluding carboxylic acids is 2. The molecule has 0 unspecified atom stereocenters. The van der Waals surface area contributed by atoms with Crippen molar-refractivity contribution >= 4 is 23.4 Å². The smallest absolute Gasteiger partial charge is 0.220 e. The number of likely N-dealkylation sites (N-methyl/N-ethyl adjacent to an activating group) is 1. The summed E-state index contributed by atoms with van der Waals surface area (Å²) in [4.78, 5) is 27.0. The quantitative estimate of drug-likeness (QED) is 0.515. The molecule has 1 aliphatic carbocycles. The van der Waals surface area contributed by atoms with Crippen LogP contribution in [0.3, 0.4) is 0 Å². The first-order valence-corrected chi connectivity index (χ1v) is 12.7. The number of hydrogen-bond donors (Lipinski definition) is 2. The van der Waals surface area contributed by atoms with Crippen molar-refractivity contribution in [2.24, 2.45) is 0 Å². The molecule has 0 aromatic heterocycles. The van der Waals surface area contributed by atoms with Gasteiger partial charge in [0.05, 0.1) is 0 Å². The number of amides is 2. The van der Waals surface area contributed by atoms with Crippen molar-refractivity contribution in [1.29, 1.82) is 0 Å². The molecule has 5 nitrogen and oxygen atoms in total. The van der Waals surface area contributed by atoms with E-state index in [1.54, 1.807) is 0 Å². The second-order valence-electron chi connectivity index (χ2n) is 9.82. The lowest BCUT2D eigenvalue weighted by atomic mass is 9.74. The second-order valence-corrected chi connectivity index (χ2v) is 10.2. The molecular formula is C28H38ClN3O2. The monoisotopic (exact) mass is 483 g/mol. The van der Waals surface area contributed by atoms with Gasteiger partial charge < -0.3 is 15.5 Å². The van der Waals surface area contributed by atoms with E-state index in [9.17, 15) is 9.59 Å². The Hall–Kier alpha value is -2.37. The summed E-state index contributed by atoms with van der Waals surface area (Å²) in [6.07, 6.45) is 6.13. The number of carbonyl (C=O) groups is 2. The summed E-state index contributed by atoms with van der Waals surface area (Å²) in [7, 11) is 4.33. The standard InChI is InChI=1S/C28H38ClN3O2/c1-21-7-6-8-22(19-21)20-28(32(2)3)16-13-24(14-17-28)31-27(34)12-11-26(33)30-18-15-23-9-4-5-10-25(23)29/h4-10,19,24H,11-18,20H2,1-3H3,(H,30,33)(H,31,34). The fraction of sp³-hybridized carbons (Fsp3) is 0.500. The van der Waals surface area contributed by atoms with E-state index >= 15 is 0 Å². The van der Waals surface area contributed by atoms with Gasteiger partial charge in [0.25, 0.3) is 0 Å². The normalized spacial score (nSPS) is 20.2. The number of nitrogens with zero attached hydrogens (tertiary/aromatic N) is 1. The molecule has 1 saturated carbocycles. The maximum absolute atomic E-state index is 12.5. The maximum atomic E-state index is 12.5. The van der Waals surface area contributed by atoms with E-state index in [2.05, 4.69) is 60.8 Å². The van der Waals surface area contributed by atoms with E-state index in [0.29, 0.717) is 18.0 Å². The Morgan fingerprint density at radius 3 is 2.41 bits per heavy atom. The third kappa shape index (κ3) is 7.57. The topological polar surface area (TPSA) is 61.4 Å². The van der Waals surface area contributed by atoms with Crippen molar-refractivity contribution in [2.75, 3.05) is 20.6 Å². The number of rotatable bonds is 10. The van der Waals surface area contributed by atoms with E-state index in [1.165, 1.54) is 11.1 Å². The zero-order valence-electron chi connectivity index (χ0n) is 20.7. The molecule has 184 valence electrons. The average Bonchev–Trinajstić information content (AvgIpc) is 2.80. The predicted octanol–water partition coefficient (Wildman–Crippen LogP) is 4.69. The van der Waals surface area contributed by atoms with Crippen molar-refractivity contribution in [1.82, 2.24) is 15.5 Å². The lowest BCUT2D eigenvalue weighted by molar-refractivity contribution is -0.127. The van der Waals surface area contributed by atoms with Crippen molar-refractivity contribution in [2.45, 2.75) is 69.9 Å². The van der Waals surface area contributed by atoms with Crippen LogP contribution in [-0.2, 0) is 22.4 Å². The molecule has 0 atom stereocenters. The van der Waals surface area contributed by atoms with Crippen LogP contribution < -0.4 is 10.6 Å². The molecule has 3 rings (SSSR count). The van der Waals surface area contributed by atoms with Gasteiger partial charge >= 0.3 is 0 Å². The zero-order chi connectivity index (χ0) is 24.6. The lowest BCUT2D eigenvalue weighted by Gasteiger charge is -2.45. The van der Waals surface area contributed by atoms with Crippen LogP contribution in [0.4, 0.5) is 0 Å². The molecule has 34 heavy (non-hydrogen) atoms. The summed E-state index contributed by atoms with van der Waals surface area (Å²) in [5, 5.41) is 6.75. The maximum Gasteiger partial charge on any atom is 0.220 e. The number of aryl methyl sites for hydroxylation is 1. The van der Waals surface area contributed by atoms with E-state index in [1.807, 2.05) is 24.3 Å². The first-order valence-electron chi connectivity index (χ1n) is 12.3. The number of benzene rings is 2. The third-order valence-corrected chi connectivity index (χ3v) is 7.47. The summed E-state index contributed by atoms with van der Waals surface area (Å²) >= 11 is 6.15. The van der Waals surface area contributed by atoms with Gasteiger partial charge in [0, 0.05) is 36.0 Å². The first kappa shape index (κ1) is 26.2. The van der Waals surface area contributed by atoms with Crippen molar-refractivity contribution in [3.05, 3.63) is 70.2 Å². The highest BCUT2D eigenvalue weighted by Crippen LogP contribution is 2.35. The molecule has 0 heterocycles. The largest absolute Gasteiger partial charge is 0.356 e. The van der Waals surface area contributed by atoms with Crippen LogP contribution in [0.15, 0.2) is 48.5 Å². The molecule has 2 amide bonds. The number of halogens is 1. The second kappa shape index (κ2) is 12.4. The highest BCUT2D eigenvalue weighted by atomic mass is 35.5. The van der Waals surface area contributed by atoms with Crippen molar-refractivity contribution in [3.8, 4) is 0 Å². The molecular weight excluding hydrogens is 446 g/mol. The minimum atomic E-state index is -0.101. The number of nitrogens with one attached hydrogen (secondary N) is 2. The Morgan fingerprint density at radius 1 is 1.03 bits per heavy atom. The molecule has 1 aliphatic rings. The fourth-order valence-electron chi connectivity index (χ4n) is 4.94. The van der Waals surface area contributed by atoms with Gasteiger partial charge in [-0.15, -0.1) is 0 Å². The van der Waals surface area contributed by atoms with Crippen LogP contribution in [0.2, 0.25) is 5.02 Å². The van der Waals surface area contributed by atoms with Gasteiger partial charge in [0.15, 0.2) is 0 Å². The molecule has 2 N–H and O–H groups in total. The SMILES string of the molecule is Cc1cccc(CC2(N(C)C)CCC(NC(=O)CCC(=O)NCCc3ccccc3Cl)CC2)c1. The van der Waals surface area contributed by atoms with Crippen LogP contribution in [-0.4, -0.2) is 48.9 Å². The summed E-state index contributed by atoms with van der Waals surface area (Å²) < 4.78 is 0. The van der Waals surface area contributed by atoms with E-state index in [0.717, 1.165) is 37.7 Å². The summed E-state index contributed by atoms with van der Waals surface area (Å²) in [6.45, 7) is 2.65. The molecule has 0 radical (unpaired) electrons. The minimum Gasteiger partial charge on any atom is -0.356 e. The Labute approximate surface area is 209 Å². The Kier molecular flexibility index (Phi) is 9.54. The van der Waals surface area contributed by atoms with Gasteiger partial charge in [0.2, 0.25) is 11.8 Å². The molecule has 2 aromatic carbocycles. The third-order valence-electron chi connectivity index (χ3n) is 7.10. The highest BCUT2D eigenvalue weighted by Gasteiger charge is 2.37. The van der Waals surface area contributed by atoms with Gasteiger partial charge in [-0.2, -0.15) is 0 Å². The summed E-state index contributed by atoms with van der Waals surface area (Å²) in [5.41, 5.74) is 3.80. The van der Waals surface area contributed by atoms with Gasteiger partial charge in [-0.05, 0) is 76.7 Å². The van der Waals surface area contributed by atoms with Gasteiger partial charge in [-0.25, -0.2) is 0 Å². The molecule has 0 spiro atoms. The predicted molar refractivity (Wildman–Crippen MR) is 139 cm³/mol. The lowest BCUT2D eigenvalue weighted by Crippen LogP contribution is -2.52. The van der Waals surface area contributed by atoms with Gasteiger partial charge in [-0.3, -0.25) is 9.59 Å². The van der Waals surface area contributed by atoms with Crippen LogP contribution in [0, 0.1) is 6.92 Å². The molecule has 0 aliphatic heterocycles.